The molecular weight excluding hydrogens is 266 g/mol. The van der Waals surface area contributed by atoms with Gasteiger partial charge in [0.25, 0.3) is 0 Å². The Balaban J connectivity index is 2.03. The average Bonchev–Trinajstić information content (AvgIpc) is 2.90. The predicted octanol–water partition coefficient (Wildman–Crippen LogP) is 2.00. The standard InChI is InChI=1S/C16H21N3O2/c1-17-14(15-13(20-3)10-18-19(15)2)16-12-7-5-4-6-11(12)8-9-21-16/h4-7,10,14,16-17H,8-9H2,1-3H3. The van der Waals surface area contributed by atoms with Gasteiger partial charge in [0.05, 0.1) is 31.6 Å². The van der Waals surface area contributed by atoms with Gasteiger partial charge in [-0.25, -0.2) is 0 Å². The number of nitrogens with one attached hydrogen (secondary N) is 1. The third kappa shape index (κ3) is 2.43. The van der Waals surface area contributed by atoms with E-state index in [0.717, 1.165) is 24.5 Å². The Labute approximate surface area is 124 Å². The average molecular weight is 287 g/mol. The van der Waals surface area contributed by atoms with Crippen LogP contribution in [0.25, 0.3) is 0 Å². The molecule has 0 saturated carbocycles. The maximum Gasteiger partial charge on any atom is 0.161 e. The van der Waals surface area contributed by atoms with Crippen molar-refractivity contribution < 1.29 is 9.47 Å². The Kier molecular flexibility index (Phi) is 3.94. The molecule has 5 heteroatoms. The number of aryl methyl sites for hydroxylation is 1. The fourth-order valence-corrected chi connectivity index (χ4v) is 3.07. The molecule has 0 saturated heterocycles. The molecule has 0 fully saturated rings. The predicted molar refractivity (Wildman–Crippen MR) is 80.4 cm³/mol. The number of aromatic nitrogens is 2. The molecule has 2 atom stereocenters. The second kappa shape index (κ2) is 5.87. The van der Waals surface area contributed by atoms with Crippen LogP contribution in [0.2, 0.25) is 0 Å². The molecule has 5 nitrogen and oxygen atoms in total. The van der Waals surface area contributed by atoms with E-state index in [4.69, 9.17) is 9.47 Å². The van der Waals surface area contributed by atoms with Gasteiger partial charge in [0.15, 0.2) is 5.75 Å². The second-order valence-corrected chi connectivity index (χ2v) is 5.23. The lowest BCUT2D eigenvalue weighted by Gasteiger charge is -2.32. The van der Waals surface area contributed by atoms with Gasteiger partial charge in [0.2, 0.25) is 0 Å². The fraction of sp³-hybridized carbons (Fsp3) is 0.438. The molecule has 0 aliphatic carbocycles. The largest absolute Gasteiger partial charge is 0.493 e. The highest BCUT2D eigenvalue weighted by molar-refractivity contribution is 5.36. The van der Waals surface area contributed by atoms with E-state index in [-0.39, 0.29) is 12.1 Å². The molecular formula is C16H21N3O2. The number of hydrogen-bond acceptors (Lipinski definition) is 4. The molecule has 2 aromatic rings. The fourth-order valence-electron chi connectivity index (χ4n) is 3.07. The zero-order valence-corrected chi connectivity index (χ0v) is 12.7. The van der Waals surface area contributed by atoms with Crippen LogP contribution in [-0.2, 0) is 18.2 Å². The number of fused-ring (bicyclic) bond motifs is 1. The van der Waals surface area contributed by atoms with Crippen molar-refractivity contribution in [2.45, 2.75) is 18.6 Å². The summed E-state index contributed by atoms with van der Waals surface area (Å²) >= 11 is 0. The quantitative estimate of drug-likeness (QED) is 0.934. The summed E-state index contributed by atoms with van der Waals surface area (Å²) in [5.41, 5.74) is 3.60. The summed E-state index contributed by atoms with van der Waals surface area (Å²) in [6, 6.07) is 8.46. The molecule has 3 rings (SSSR count). The van der Waals surface area contributed by atoms with Gasteiger partial charge in [-0.3, -0.25) is 4.68 Å². The molecule has 1 aliphatic rings. The number of benzene rings is 1. The summed E-state index contributed by atoms with van der Waals surface area (Å²) in [4.78, 5) is 0. The Morgan fingerprint density at radius 3 is 3.00 bits per heavy atom. The first kappa shape index (κ1) is 14.1. The van der Waals surface area contributed by atoms with Crippen LogP contribution in [0.4, 0.5) is 0 Å². The highest BCUT2D eigenvalue weighted by Crippen LogP contribution is 2.39. The lowest BCUT2D eigenvalue weighted by atomic mass is 9.91. The monoisotopic (exact) mass is 287 g/mol. The van der Waals surface area contributed by atoms with Crippen LogP contribution in [0.5, 0.6) is 5.75 Å². The summed E-state index contributed by atoms with van der Waals surface area (Å²) < 4.78 is 13.4. The third-order valence-corrected chi connectivity index (χ3v) is 4.11. The molecule has 0 amide bonds. The molecule has 2 heterocycles. The van der Waals surface area contributed by atoms with Crippen LogP contribution in [0.1, 0.15) is 29.0 Å². The smallest absolute Gasteiger partial charge is 0.161 e. The van der Waals surface area contributed by atoms with Crippen LogP contribution >= 0.6 is 0 Å². The lowest BCUT2D eigenvalue weighted by molar-refractivity contribution is 0.0141. The van der Waals surface area contributed by atoms with Crippen molar-refractivity contribution in [1.29, 1.82) is 0 Å². The topological polar surface area (TPSA) is 48.3 Å². The van der Waals surface area contributed by atoms with E-state index in [2.05, 4.69) is 34.7 Å². The van der Waals surface area contributed by atoms with Crippen molar-refractivity contribution >= 4 is 0 Å². The van der Waals surface area contributed by atoms with E-state index in [1.165, 1.54) is 11.1 Å². The van der Waals surface area contributed by atoms with E-state index in [1.807, 2.05) is 18.8 Å². The van der Waals surface area contributed by atoms with Gasteiger partial charge in [-0.15, -0.1) is 0 Å². The van der Waals surface area contributed by atoms with Gasteiger partial charge in [0, 0.05) is 7.05 Å². The first-order chi connectivity index (χ1) is 10.3. The van der Waals surface area contributed by atoms with Crippen molar-refractivity contribution in [3.63, 3.8) is 0 Å². The van der Waals surface area contributed by atoms with Gasteiger partial charge in [-0.05, 0) is 24.6 Å². The van der Waals surface area contributed by atoms with Crippen LogP contribution in [0, 0.1) is 0 Å². The summed E-state index contributed by atoms with van der Waals surface area (Å²) in [6.45, 7) is 0.736. The molecule has 1 N–H and O–H groups in total. The summed E-state index contributed by atoms with van der Waals surface area (Å²) in [5, 5.41) is 7.67. The molecule has 1 aliphatic heterocycles. The zero-order chi connectivity index (χ0) is 14.8. The third-order valence-electron chi connectivity index (χ3n) is 4.11. The van der Waals surface area contributed by atoms with Gasteiger partial charge in [0.1, 0.15) is 6.10 Å². The first-order valence-corrected chi connectivity index (χ1v) is 7.18. The van der Waals surface area contributed by atoms with E-state index in [1.54, 1.807) is 13.3 Å². The number of ether oxygens (including phenoxy) is 2. The molecule has 2 unspecified atom stereocenters. The normalized spacial score (nSPS) is 19.1. The van der Waals surface area contributed by atoms with Crippen molar-refractivity contribution in [3.8, 4) is 5.75 Å². The second-order valence-electron chi connectivity index (χ2n) is 5.23. The highest BCUT2D eigenvalue weighted by Gasteiger charge is 2.32. The minimum absolute atomic E-state index is 0.00565. The van der Waals surface area contributed by atoms with Crippen LogP contribution in [-0.4, -0.2) is 30.5 Å². The lowest BCUT2D eigenvalue weighted by Crippen LogP contribution is -2.31. The molecule has 0 bridgehead atoms. The zero-order valence-electron chi connectivity index (χ0n) is 12.7. The molecule has 0 radical (unpaired) electrons. The van der Waals surface area contributed by atoms with Crippen LogP contribution in [0.15, 0.2) is 30.5 Å². The maximum atomic E-state index is 6.08. The summed E-state index contributed by atoms with van der Waals surface area (Å²) in [5.74, 6) is 0.781. The van der Waals surface area contributed by atoms with E-state index >= 15 is 0 Å². The van der Waals surface area contributed by atoms with Crippen LogP contribution < -0.4 is 10.1 Å². The molecule has 1 aromatic carbocycles. The number of rotatable bonds is 4. The minimum atomic E-state index is -0.0377. The van der Waals surface area contributed by atoms with Gasteiger partial charge >= 0.3 is 0 Å². The Hall–Kier alpha value is -1.85. The van der Waals surface area contributed by atoms with E-state index in [9.17, 15) is 0 Å². The van der Waals surface area contributed by atoms with Gasteiger partial charge in [-0.1, -0.05) is 24.3 Å². The van der Waals surface area contributed by atoms with E-state index < -0.39 is 0 Å². The van der Waals surface area contributed by atoms with Crippen molar-refractivity contribution in [1.82, 2.24) is 15.1 Å². The molecule has 112 valence electrons. The maximum absolute atomic E-state index is 6.08. The number of methoxy groups -OCH3 is 1. The summed E-state index contributed by atoms with van der Waals surface area (Å²) in [6.07, 6.45) is 2.67. The van der Waals surface area contributed by atoms with Crippen molar-refractivity contribution in [3.05, 3.63) is 47.3 Å². The Morgan fingerprint density at radius 1 is 1.43 bits per heavy atom. The van der Waals surface area contributed by atoms with Gasteiger partial charge < -0.3 is 14.8 Å². The molecule has 1 aromatic heterocycles. The molecule has 0 spiro atoms. The minimum Gasteiger partial charge on any atom is -0.493 e. The summed E-state index contributed by atoms with van der Waals surface area (Å²) in [7, 11) is 5.54. The van der Waals surface area contributed by atoms with Crippen molar-refractivity contribution in [2.24, 2.45) is 7.05 Å². The van der Waals surface area contributed by atoms with Gasteiger partial charge in [-0.2, -0.15) is 5.10 Å². The van der Waals surface area contributed by atoms with Crippen LogP contribution in [0.3, 0.4) is 0 Å². The first-order valence-electron chi connectivity index (χ1n) is 7.18. The Morgan fingerprint density at radius 2 is 2.24 bits per heavy atom. The highest BCUT2D eigenvalue weighted by atomic mass is 16.5. The number of likely N-dealkylation sites (N-methyl/N-ethyl adjacent to an activating group) is 1. The van der Waals surface area contributed by atoms with E-state index in [0.29, 0.717) is 0 Å². The Bertz CT molecular complexity index is 624. The number of hydrogen-bond donors (Lipinski definition) is 1. The molecule has 21 heavy (non-hydrogen) atoms. The number of nitrogens with zero attached hydrogens (tertiary/aromatic N) is 2. The van der Waals surface area contributed by atoms with Crippen molar-refractivity contribution in [2.75, 3.05) is 20.8 Å². The SMILES string of the molecule is CNC(c1c(OC)cnn1C)C1OCCc2ccccc21.